The highest BCUT2D eigenvalue weighted by Crippen LogP contribution is 2.29. The lowest BCUT2D eigenvalue weighted by molar-refractivity contribution is 0.429. The lowest BCUT2D eigenvalue weighted by atomic mass is 9.93. The van der Waals surface area contributed by atoms with E-state index in [0.717, 1.165) is 6.42 Å². The van der Waals surface area contributed by atoms with E-state index in [4.69, 9.17) is 28.9 Å². The van der Waals surface area contributed by atoms with Crippen LogP contribution in [0.1, 0.15) is 31.2 Å². The van der Waals surface area contributed by atoms with Crippen molar-refractivity contribution in [2.45, 2.75) is 38.1 Å². The van der Waals surface area contributed by atoms with Gasteiger partial charge in [-0.3, -0.25) is 0 Å². The fourth-order valence-corrected chi connectivity index (χ4v) is 2.81. The van der Waals surface area contributed by atoms with E-state index < -0.39 is 0 Å². The van der Waals surface area contributed by atoms with Gasteiger partial charge in [-0.05, 0) is 42.9 Å². The largest absolute Gasteiger partial charge is 0.327 e. The smallest absolute Gasteiger partial charge is 0.0595 e. The molecule has 0 bridgehead atoms. The van der Waals surface area contributed by atoms with E-state index in [1.54, 1.807) is 0 Å². The van der Waals surface area contributed by atoms with Gasteiger partial charge in [-0.25, -0.2) is 0 Å². The first-order chi connectivity index (χ1) is 7.66. The maximum absolute atomic E-state index is 6.22. The van der Waals surface area contributed by atoms with Crippen molar-refractivity contribution >= 4 is 23.2 Å². The molecule has 1 aliphatic rings. The second kappa shape index (κ2) is 5.39. The van der Waals surface area contributed by atoms with Crippen LogP contribution in [0.25, 0.3) is 0 Å². The van der Waals surface area contributed by atoms with Gasteiger partial charge >= 0.3 is 0 Å². The third-order valence-electron chi connectivity index (χ3n) is 3.46. The molecule has 2 N–H and O–H groups in total. The average Bonchev–Trinajstić information content (AvgIpc) is 2.77. The first-order valence-electron chi connectivity index (χ1n) is 5.86. The van der Waals surface area contributed by atoms with Gasteiger partial charge in [-0.15, -0.1) is 0 Å². The van der Waals surface area contributed by atoms with Gasteiger partial charge in [0.05, 0.1) is 10.0 Å². The van der Waals surface area contributed by atoms with E-state index >= 15 is 0 Å². The summed E-state index contributed by atoms with van der Waals surface area (Å²) in [7, 11) is 0. The van der Waals surface area contributed by atoms with Gasteiger partial charge in [-0.2, -0.15) is 0 Å². The molecule has 1 unspecified atom stereocenters. The zero-order chi connectivity index (χ0) is 11.5. The van der Waals surface area contributed by atoms with Crippen molar-refractivity contribution in [3.63, 3.8) is 0 Å². The van der Waals surface area contributed by atoms with Gasteiger partial charge in [0.1, 0.15) is 0 Å². The number of hydrogen-bond acceptors (Lipinski definition) is 1. The molecular formula is C13H17Cl2N. The molecule has 0 heterocycles. The van der Waals surface area contributed by atoms with Crippen LogP contribution in [0.5, 0.6) is 0 Å². The lowest BCUT2D eigenvalue weighted by Gasteiger charge is -2.18. The molecular weight excluding hydrogens is 241 g/mol. The monoisotopic (exact) mass is 257 g/mol. The van der Waals surface area contributed by atoms with E-state index in [-0.39, 0.29) is 6.04 Å². The van der Waals surface area contributed by atoms with Crippen LogP contribution in [0.3, 0.4) is 0 Å². The summed E-state index contributed by atoms with van der Waals surface area (Å²) >= 11 is 11.9. The molecule has 0 saturated heterocycles. The Morgan fingerprint density at radius 1 is 1.19 bits per heavy atom. The molecule has 1 fully saturated rings. The molecule has 88 valence electrons. The number of nitrogens with two attached hydrogens (primary N) is 1. The topological polar surface area (TPSA) is 26.0 Å². The Balaban J connectivity index is 1.99. The van der Waals surface area contributed by atoms with Gasteiger partial charge in [-0.1, -0.05) is 42.1 Å². The molecule has 0 aliphatic heterocycles. The molecule has 1 aromatic rings. The molecule has 0 amide bonds. The number of rotatable bonds is 3. The highest BCUT2D eigenvalue weighted by Gasteiger charge is 2.22. The van der Waals surface area contributed by atoms with Crippen LogP contribution in [-0.4, -0.2) is 6.04 Å². The van der Waals surface area contributed by atoms with Crippen LogP contribution >= 0.6 is 23.2 Å². The second-order valence-corrected chi connectivity index (χ2v) is 5.48. The molecule has 1 atom stereocenters. The van der Waals surface area contributed by atoms with Crippen molar-refractivity contribution in [1.82, 2.24) is 0 Å². The van der Waals surface area contributed by atoms with Gasteiger partial charge in [0, 0.05) is 6.04 Å². The van der Waals surface area contributed by atoms with Crippen LogP contribution in [-0.2, 0) is 6.42 Å². The quantitative estimate of drug-likeness (QED) is 0.869. The Bertz CT molecular complexity index is 359. The first-order valence-corrected chi connectivity index (χ1v) is 6.62. The maximum atomic E-state index is 6.22. The van der Waals surface area contributed by atoms with E-state index in [1.165, 1.54) is 31.2 Å². The average molecular weight is 258 g/mol. The third-order valence-corrected chi connectivity index (χ3v) is 4.20. The number of halogens is 2. The van der Waals surface area contributed by atoms with Gasteiger partial charge < -0.3 is 5.73 Å². The molecule has 16 heavy (non-hydrogen) atoms. The molecule has 1 nitrogen and oxygen atoms in total. The lowest BCUT2D eigenvalue weighted by Crippen LogP contribution is -2.30. The number of benzene rings is 1. The van der Waals surface area contributed by atoms with Gasteiger partial charge in [0.15, 0.2) is 0 Å². The van der Waals surface area contributed by atoms with Gasteiger partial charge in [0.2, 0.25) is 0 Å². The summed E-state index contributed by atoms with van der Waals surface area (Å²) in [5, 5.41) is 1.23. The highest BCUT2D eigenvalue weighted by molar-refractivity contribution is 6.42. The maximum Gasteiger partial charge on any atom is 0.0595 e. The second-order valence-electron chi connectivity index (χ2n) is 4.66. The van der Waals surface area contributed by atoms with E-state index in [2.05, 4.69) is 0 Å². The van der Waals surface area contributed by atoms with Crippen molar-refractivity contribution in [2.75, 3.05) is 0 Å². The van der Waals surface area contributed by atoms with Crippen LogP contribution in [0.4, 0.5) is 0 Å². The zero-order valence-corrected chi connectivity index (χ0v) is 10.8. The SMILES string of the molecule is NC(Cc1ccc(Cl)c(Cl)c1)C1CCCC1. The molecule has 3 heteroatoms. The Morgan fingerprint density at radius 2 is 1.88 bits per heavy atom. The highest BCUT2D eigenvalue weighted by atomic mass is 35.5. The molecule has 1 saturated carbocycles. The van der Waals surface area contributed by atoms with Crippen LogP contribution < -0.4 is 5.73 Å². The fourth-order valence-electron chi connectivity index (χ4n) is 2.49. The fraction of sp³-hybridized carbons (Fsp3) is 0.538. The molecule has 1 aliphatic carbocycles. The van der Waals surface area contributed by atoms with Crippen LogP contribution in [0.15, 0.2) is 18.2 Å². The number of hydrogen-bond donors (Lipinski definition) is 1. The summed E-state index contributed by atoms with van der Waals surface area (Å²) in [5.74, 6) is 0.689. The van der Waals surface area contributed by atoms with E-state index in [0.29, 0.717) is 16.0 Å². The standard InChI is InChI=1S/C13H17Cl2N/c14-11-6-5-9(7-12(11)15)8-13(16)10-3-1-2-4-10/h5-7,10,13H,1-4,8,16H2. The molecule has 0 radical (unpaired) electrons. The summed E-state index contributed by atoms with van der Waals surface area (Å²) in [6.45, 7) is 0. The zero-order valence-electron chi connectivity index (χ0n) is 9.26. The molecule has 1 aromatic carbocycles. The minimum absolute atomic E-state index is 0.264. The van der Waals surface area contributed by atoms with Gasteiger partial charge in [0.25, 0.3) is 0 Å². The summed E-state index contributed by atoms with van der Waals surface area (Å²) in [6.07, 6.45) is 6.13. The van der Waals surface area contributed by atoms with Crippen LogP contribution in [0.2, 0.25) is 10.0 Å². The molecule has 2 rings (SSSR count). The van der Waals surface area contributed by atoms with Crippen molar-refractivity contribution in [3.05, 3.63) is 33.8 Å². The summed E-state index contributed by atoms with van der Waals surface area (Å²) in [6, 6.07) is 6.06. The molecule has 0 aromatic heterocycles. The van der Waals surface area contributed by atoms with E-state index in [9.17, 15) is 0 Å². The van der Waals surface area contributed by atoms with Crippen molar-refractivity contribution in [2.24, 2.45) is 11.7 Å². The van der Waals surface area contributed by atoms with Crippen LogP contribution in [0, 0.1) is 5.92 Å². The summed E-state index contributed by atoms with van der Waals surface area (Å²) in [5.41, 5.74) is 7.41. The predicted octanol–water partition coefficient (Wildman–Crippen LogP) is 4.05. The normalized spacial score (nSPS) is 18.9. The van der Waals surface area contributed by atoms with Crippen molar-refractivity contribution in [1.29, 1.82) is 0 Å². The predicted molar refractivity (Wildman–Crippen MR) is 70.1 cm³/mol. The van der Waals surface area contributed by atoms with E-state index in [1.807, 2.05) is 18.2 Å². The first kappa shape index (κ1) is 12.2. The Hall–Kier alpha value is -0.240. The Kier molecular flexibility index (Phi) is 4.12. The van der Waals surface area contributed by atoms with Crippen molar-refractivity contribution in [3.8, 4) is 0 Å². The Morgan fingerprint density at radius 3 is 2.50 bits per heavy atom. The summed E-state index contributed by atoms with van der Waals surface area (Å²) in [4.78, 5) is 0. The van der Waals surface area contributed by atoms with Crippen molar-refractivity contribution < 1.29 is 0 Å². The third kappa shape index (κ3) is 2.91. The Labute approximate surface area is 107 Å². The molecule has 0 spiro atoms. The minimum atomic E-state index is 0.264. The summed E-state index contributed by atoms with van der Waals surface area (Å²) < 4.78 is 0. The minimum Gasteiger partial charge on any atom is -0.327 e.